The minimum absolute atomic E-state index is 0.418. The number of pyridine rings is 1. The van der Waals surface area contributed by atoms with Gasteiger partial charge in [-0.05, 0) is 42.0 Å². The number of nitrogens with zero attached hydrogens (tertiary/aromatic N) is 2. The monoisotopic (exact) mass is 336 g/mol. The predicted octanol–water partition coefficient (Wildman–Crippen LogP) is 4.38. The van der Waals surface area contributed by atoms with Crippen LogP contribution in [0.2, 0.25) is 5.02 Å². The summed E-state index contributed by atoms with van der Waals surface area (Å²) in [6.07, 6.45) is 3.55. The molecule has 0 amide bonds. The first kappa shape index (κ1) is 16.0. The molecule has 3 aromatic rings. The molecule has 0 fully saturated rings. The Morgan fingerprint density at radius 1 is 1.00 bits per heavy atom. The summed E-state index contributed by atoms with van der Waals surface area (Å²) in [5.74, 6) is 0.418. The van der Waals surface area contributed by atoms with Gasteiger partial charge in [-0.2, -0.15) is 0 Å². The van der Waals surface area contributed by atoms with Gasteiger partial charge in [0.1, 0.15) is 5.84 Å². The number of halogens is 1. The van der Waals surface area contributed by atoms with Gasteiger partial charge in [0.05, 0.1) is 10.7 Å². The van der Waals surface area contributed by atoms with Crippen molar-refractivity contribution in [3.63, 3.8) is 0 Å². The van der Waals surface area contributed by atoms with Crippen LogP contribution in [0.5, 0.6) is 0 Å². The number of nitrogens with one attached hydrogen (secondary N) is 1. The van der Waals surface area contributed by atoms with Gasteiger partial charge in [-0.15, -0.1) is 0 Å². The summed E-state index contributed by atoms with van der Waals surface area (Å²) in [4.78, 5) is 8.48. The third kappa shape index (κ3) is 3.91. The number of hydrogen-bond donors (Lipinski definition) is 2. The lowest BCUT2D eigenvalue weighted by Crippen LogP contribution is -2.15. The molecule has 0 spiro atoms. The number of aromatic nitrogens is 1. The summed E-state index contributed by atoms with van der Waals surface area (Å²) < 4.78 is 0. The maximum atomic E-state index is 6.21. The summed E-state index contributed by atoms with van der Waals surface area (Å²) in [7, 11) is 0. The average Bonchev–Trinajstić information content (AvgIpc) is 2.63. The fraction of sp³-hybridized carbons (Fsp3) is 0.0526. The second kappa shape index (κ2) is 7.62. The van der Waals surface area contributed by atoms with Crippen molar-refractivity contribution in [2.24, 2.45) is 10.7 Å². The predicted molar refractivity (Wildman–Crippen MR) is 99.8 cm³/mol. The molecule has 1 aromatic heterocycles. The molecule has 0 aliphatic carbocycles. The molecular weight excluding hydrogens is 320 g/mol. The first-order valence-corrected chi connectivity index (χ1v) is 7.93. The molecule has 0 aliphatic rings. The highest BCUT2D eigenvalue weighted by Gasteiger charge is 2.07. The Kier molecular flexibility index (Phi) is 5.08. The van der Waals surface area contributed by atoms with Crippen LogP contribution in [0.15, 0.2) is 78.0 Å². The van der Waals surface area contributed by atoms with Crippen LogP contribution in [0.3, 0.4) is 0 Å². The SMILES string of the molecule is NC(=Nc1ccccc1Cl)c1ccccc1NCc1ccncc1. The molecule has 0 saturated carbocycles. The highest BCUT2D eigenvalue weighted by molar-refractivity contribution is 6.33. The normalized spacial score (nSPS) is 11.3. The van der Waals surface area contributed by atoms with Crippen LogP contribution < -0.4 is 11.1 Å². The number of hydrogen-bond acceptors (Lipinski definition) is 3. The van der Waals surface area contributed by atoms with E-state index >= 15 is 0 Å². The van der Waals surface area contributed by atoms with Gasteiger partial charge < -0.3 is 11.1 Å². The number of nitrogens with two attached hydrogens (primary N) is 1. The van der Waals surface area contributed by atoms with E-state index in [-0.39, 0.29) is 0 Å². The average molecular weight is 337 g/mol. The van der Waals surface area contributed by atoms with Crippen LogP contribution >= 0.6 is 11.6 Å². The fourth-order valence-electron chi connectivity index (χ4n) is 2.29. The Bertz CT molecular complexity index is 847. The zero-order valence-electron chi connectivity index (χ0n) is 13.0. The minimum Gasteiger partial charge on any atom is -0.383 e. The van der Waals surface area contributed by atoms with Crippen LogP contribution in [0, 0.1) is 0 Å². The third-order valence-corrected chi connectivity index (χ3v) is 3.85. The van der Waals surface area contributed by atoms with Gasteiger partial charge in [-0.25, -0.2) is 4.99 Å². The van der Waals surface area contributed by atoms with Crippen LogP contribution in [-0.2, 0) is 6.54 Å². The minimum atomic E-state index is 0.418. The molecule has 3 rings (SSSR count). The summed E-state index contributed by atoms with van der Waals surface area (Å²) in [6.45, 7) is 0.679. The number of rotatable bonds is 5. The van der Waals surface area contributed by atoms with Gasteiger partial charge >= 0.3 is 0 Å². The highest BCUT2D eigenvalue weighted by atomic mass is 35.5. The lowest BCUT2D eigenvalue weighted by atomic mass is 10.1. The molecule has 3 N–H and O–H groups in total. The lowest BCUT2D eigenvalue weighted by Gasteiger charge is -2.12. The second-order valence-electron chi connectivity index (χ2n) is 5.20. The lowest BCUT2D eigenvalue weighted by molar-refractivity contribution is 1.12. The van der Waals surface area contributed by atoms with E-state index in [0.29, 0.717) is 23.1 Å². The Morgan fingerprint density at radius 2 is 1.71 bits per heavy atom. The summed E-state index contributed by atoms with van der Waals surface area (Å²) >= 11 is 6.15. The second-order valence-corrected chi connectivity index (χ2v) is 5.61. The van der Waals surface area contributed by atoms with Crippen molar-refractivity contribution < 1.29 is 0 Å². The Balaban J connectivity index is 1.84. The molecule has 120 valence electrons. The quantitative estimate of drug-likeness (QED) is 0.536. The van der Waals surface area contributed by atoms with E-state index in [2.05, 4.69) is 15.3 Å². The van der Waals surface area contributed by atoms with Gasteiger partial charge in [0.15, 0.2) is 0 Å². The summed E-state index contributed by atoms with van der Waals surface area (Å²) in [6, 6.07) is 19.1. The number of para-hydroxylation sites is 2. The van der Waals surface area contributed by atoms with E-state index < -0.39 is 0 Å². The largest absolute Gasteiger partial charge is 0.383 e. The van der Waals surface area contributed by atoms with Crippen LogP contribution in [-0.4, -0.2) is 10.8 Å². The van der Waals surface area contributed by atoms with Gasteiger partial charge in [0, 0.05) is 30.2 Å². The van der Waals surface area contributed by atoms with Crippen molar-refractivity contribution in [1.82, 2.24) is 4.98 Å². The Hall–Kier alpha value is -2.85. The van der Waals surface area contributed by atoms with Crippen molar-refractivity contribution in [2.45, 2.75) is 6.54 Å². The van der Waals surface area contributed by atoms with Crippen molar-refractivity contribution in [3.05, 3.63) is 89.2 Å². The summed E-state index contributed by atoms with van der Waals surface area (Å²) in [5.41, 5.74) is 9.76. The molecule has 0 atom stereocenters. The number of anilines is 1. The number of amidine groups is 1. The molecule has 0 radical (unpaired) electrons. The van der Waals surface area contributed by atoms with Gasteiger partial charge in [-0.3, -0.25) is 4.98 Å². The molecule has 0 aliphatic heterocycles. The van der Waals surface area contributed by atoms with Gasteiger partial charge in [0.25, 0.3) is 0 Å². The van der Waals surface area contributed by atoms with Gasteiger partial charge in [0.2, 0.25) is 0 Å². The first-order chi connectivity index (χ1) is 11.7. The number of benzene rings is 2. The number of aliphatic imine (C=N–C) groups is 1. The van der Waals surface area contributed by atoms with Crippen molar-refractivity contribution in [3.8, 4) is 0 Å². The van der Waals surface area contributed by atoms with Crippen LogP contribution in [0.25, 0.3) is 0 Å². The van der Waals surface area contributed by atoms with Crippen molar-refractivity contribution >= 4 is 28.8 Å². The molecule has 5 heteroatoms. The van der Waals surface area contributed by atoms with Crippen molar-refractivity contribution in [1.29, 1.82) is 0 Å². The standard InChI is InChI=1S/C19H17ClN4/c20-16-6-2-4-8-18(16)24-19(21)15-5-1-3-7-17(15)23-13-14-9-11-22-12-10-14/h1-12,23H,13H2,(H2,21,24). The molecule has 0 unspecified atom stereocenters. The smallest absolute Gasteiger partial charge is 0.133 e. The molecule has 24 heavy (non-hydrogen) atoms. The van der Waals surface area contributed by atoms with E-state index in [1.165, 1.54) is 0 Å². The maximum Gasteiger partial charge on any atom is 0.133 e. The van der Waals surface area contributed by atoms with E-state index in [1.54, 1.807) is 18.5 Å². The highest BCUT2D eigenvalue weighted by Crippen LogP contribution is 2.25. The molecular formula is C19H17ClN4. The van der Waals surface area contributed by atoms with E-state index in [9.17, 15) is 0 Å². The maximum absolute atomic E-state index is 6.21. The zero-order chi connectivity index (χ0) is 16.8. The van der Waals surface area contributed by atoms with Crippen LogP contribution in [0.4, 0.5) is 11.4 Å². The van der Waals surface area contributed by atoms with E-state index in [0.717, 1.165) is 16.8 Å². The zero-order valence-corrected chi connectivity index (χ0v) is 13.7. The Labute approximate surface area is 146 Å². The molecule has 0 saturated heterocycles. The van der Waals surface area contributed by atoms with Crippen molar-refractivity contribution in [2.75, 3.05) is 5.32 Å². The fourth-order valence-corrected chi connectivity index (χ4v) is 2.47. The molecule has 4 nitrogen and oxygen atoms in total. The van der Waals surface area contributed by atoms with Gasteiger partial charge in [-0.1, -0.05) is 35.9 Å². The third-order valence-electron chi connectivity index (χ3n) is 3.53. The molecule has 2 aromatic carbocycles. The topological polar surface area (TPSA) is 63.3 Å². The Morgan fingerprint density at radius 3 is 2.50 bits per heavy atom. The van der Waals surface area contributed by atoms with Crippen LogP contribution in [0.1, 0.15) is 11.1 Å². The first-order valence-electron chi connectivity index (χ1n) is 7.55. The molecule has 1 heterocycles. The van der Waals surface area contributed by atoms with E-state index in [1.807, 2.05) is 54.6 Å². The van der Waals surface area contributed by atoms with E-state index in [4.69, 9.17) is 17.3 Å². The molecule has 0 bridgehead atoms. The summed E-state index contributed by atoms with van der Waals surface area (Å²) in [5, 5.41) is 3.96.